The Bertz CT molecular complexity index is 585. The lowest BCUT2D eigenvalue weighted by Gasteiger charge is -2.08. The standard InChI is InChI=1S/C12H15N3O3S/c1-3-6-19(17)8-4-5-9-10(7-8)15-11(14-9)18-12(16)13-2/h4-5,7H,3,6H2,1-2H3,(H,13,16)(H,14,15). The van der Waals surface area contributed by atoms with E-state index in [1.54, 1.807) is 18.2 Å². The summed E-state index contributed by atoms with van der Waals surface area (Å²) in [6.45, 7) is 1.99. The Labute approximate surface area is 113 Å². The molecule has 2 rings (SSSR count). The Morgan fingerprint density at radius 3 is 3.05 bits per heavy atom. The van der Waals surface area contributed by atoms with Crippen molar-refractivity contribution in [1.82, 2.24) is 15.3 Å². The highest BCUT2D eigenvalue weighted by Crippen LogP contribution is 2.21. The number of rotatable bonds is 4. The molecule has 0 aliphatic rings. The van der Waals surface area contributed by atoms with Crippen LogP contribution in [0.25, 0.3) is 11.0 Å². The molecule has 102 valence electrons. The average molecular weight is 281 g/mol. The molecule has 0 fully saturated rings. The first-order valence-electron chi connectivity index (χ1n) is 5.91. The first kappa shape index (κ1) is 13.7. The van der Waals surface area contributed by atoms with E-state index in [1.165, 1.54) is 7.05 Å². The number of amides is 1. The number of benzene rings is 1. The minimum Gasteiger partial charge on any atom is -0.611 e. The van der Waals surface area contributed by atoms with Crippen LogP contribution in [0.3, 0.4) is 0 Å². The predicted octanol–water partition coefficient (Wildman–Crippen LogP) is 1.80. The van der Waals surface area contributed by atoms with Gasteiger partial charge in [0, 0.05) is 13.1 Å². The van der Waals surface area contributed by atoms with Crippen molar-refractivity contribution >= 4 is 28.3 Å². The van der Waals surface area contributed by atoms with Gasteiger partial charge in [0.2, 0.25) is 0 Å². The Balaban J connectivity index is 2.25. The van der Waals surface area contributed by atoms with Gasteiger partial charge in [-0.25, -0.2) is 4.79 Å². The van der Waals surface area contributed by atoms with Crippen LogP contribution in [0.15, 0.2) is 23.1 Å². The second-order valence-corrected chi connectivity index (χ2v) is 5.48. The normalized spacial score (nSPS) is 12.4. The number of aromatic nitrogens is 2. The van der Waals surface area contributed by atoms with Gasteiger partial charge in [0.1, 0.15) is 5.75 Å². The van der Waals surface area contributed by atoms with Gasteiger partial charge in [-0.05, 0) is 29.7 Å². The van der Waals surface area contributed by atoms with Crippen LogP contribution in [0.1, 0.15) is 13.3 Å². The lowest BCUT2D eigenvalue weighted by molar-refractivity contribution is 0.199. The molecule has 0 aliphatic carbocycles. The summed E-state index contributed by atoms with van der Waals surface area (Å²) in [5.41, 5.74) is 1.36. The van der Waals surface area contributed by atoms with Crippen molar-refractivity contribution in [2.45, 2.75) is 18.2 Å². The smallest absolute Gasteiger partial charge is 0.414 e. The van der Waals surface area contributed by atoms with Gasteiger partial charge in [-0.3, -0.25) is 0 Å². The van der Waals surface area contributed by atoms with Crippen LogP contribution in [-0.4, -0.2) is 33.4 Å². The summed E-state index contributed by atoms with van der Waals surface area (Å²) in [6, 6.07) is 5.43. The number of ether oxygens (including phenoxy) is 1. The minimum atomic E-state index is -1.02. The van der Waals surface area contributed by atoms with Crippen molar-refractivity contribution < 1.29 is 14.1 Å². The molecule has 6 nitrogen and oxygen atoms in total. The topological polar surface area (TPSA) is 90.1 Å². The van der Waals surface area contributed by atoms with Crippen LogP contribution in [0, 0.1) is 0 Å². The van der Waals surface area contributed by atoms with Gasteiger partial charge in [-0.15, -0.1) is 0 Å². The van der Waals surface area contributed by atoms with E-state index < -0.39 is 17.3 Å². The van der Waals surface area contributed by atoms with Crippen LogP contribution in [0.4, 0.5) is 4.79 Å². The third-order valence-corrected chi connectivity index (χ3v) is 4.04. The van der Waals surface area contributed by atoms with E-state index in [9.17, 15) is 9.35 Å². The maximum absolute atomic E-state index is 11.9. The molecule has 0 saturated heterocycles. The van der Waals surface area contributed by atoms with Crippen LogP contribution in [-0.2, 0) is 11.2 Å². The SMILES string of the molecule is CCC[S+]([O-])c1ccc2[nH]c(OC(=O)NC)nc2c1. The molecule has 0 aliphatic heterocycles. The number of nitrogens with one attached hydrogen (secondary N) is 2. The molecule has 7 heteroatoms. The van der Waals surface area contributed by atoms with Crippen LogP contribution in [0.5, 0.6) is 6.01 Å². The van der Waals surface area contributed by atoms with E-state index in [0.717, 1.165) is 16.8 Å². The van der Waals surface area contributed by atoms with Crippen molar-refractivity contribution in [3.05, 3.63) is 18.2 Å². The van der Waals surface area contributed by atoms with Crippen molar-refractivity contribution in [2.75, 3.05) is 12.8 Å². The molecule has 19 heavy (non-hydrogen) atoms. The highest BCUT2D eigenvalue weighted by Gasteiger charge is 2.13. The Morgan fingerprint density at radius 1 is 1.58 bits per heavy atom. The molecular formula is C12H15N3O3S. The zero-order valence-corrected chi connectivity index (χ0v) is 11.5. The number of hydrogen-bond acceptors (Lipinski definition) is 4. The summed E-state index contributed by atoms with van der Waals surface area (Å²) in [5, 5.41) is 2.33. The van der Waals surface area contributed by atoms with Gasteiger partial charge in [0.25, 0.3) is 0 Å². The summed E-state index contributed by atoms with van der Waals surface area (Å²) in [5.74, 6) is 0.623. The largest absolute Gasteiger partial charge is 0.611 e. The number of carbonyl (C=O) groups excluding carboxylic acids is 1. The number of hydrogen-bond donors (Lipinski definition) is 2. The van der Waals surface area contributed by atoms with Gasteiger partial charge < -0.3 is 19.6 Å². The molecule has 1 aromatic carbocycles. The quantitative estimate of drug-likeness (QED) is 0.836. The predicted molar refractivity (Wildman–Crippen MR) is 72.7 cm³/mol. The van der Waals surface area contributed by atoms with Gasteiger partial charge in [0.15, 0.2) is 4.90 Å². The molecule has 2 aromatic rings. The van der Waals surface area contributed by atoms with E-state index >= 15 is 0 Å². The molecule has 2 N–H and O–H groups in total. The van der Waals surface area contributed by atoms with E-state index in [1.807, 2.05) is 6.92 Å². The Kier molecular flexibility index (Phi) is 4.28. The fourth-order valence-electron chi connectivity index (χ4n) is 1.59. The number of imidazole rings is 1. The molecular weight excluding hydrogens is 266 g/mol. The summed E-state index contributed by atoms with van der Waals surface area (Å²) in [7, 11) is 1.47. The fourth-order valence-corrected chi connectivity index (χ4v) is 2.66. The third-order valence-electron chi connectivity index (χ3n) is 2.48. The zero-order chi connectivity index (χ0) is 13.8. The van der Waals surface area contributed by atoms with Crippen molar-refractivity contribution in [3.63, 3.8) is 0 Å². The average Bonchev–Trinajstić information content (AvgIpc) is 2.79. The van der Waals surface area contributed by atoms with Crippen LogP contribution >= 0.6 is 0 Å². The molecule has 1 heterocycles. The molecule has 0 saturated carbocycles. The summed E-state index contributed by atoms with van der Waals surface area (Å²) < 4.78 is 16.8. The Hall–Kier alpha value is -1.73. The fraction of sp³-hybridized carbons (Fsp3) is 0.333. The van der Waals surface area contributed by atoms with E-state index in [-0.39, 0.29) is 6.01 Å². The van der Waals surface area contributed by atoms with E-state index in [4.69, 9.17) is 4.74 Å². The maximum atomic E-state index is 11.9. The minimum absolute atomic E-state index is 0.118. The second-order valence-electron chi connectivity index (χ2n) is 3.91. The molecule has 1 amide bonds. The number of H-pyrrole nitrogens is 1. The number of fused-ring (bicyclic) bond motifs is 1. The third kappa shape index (κ3) is 3.18. The van der Waals surface area contributed by atoms with Gasteiger partial charge in [0.05, 0.1) is 11.0 Å². The highest BCUT2D eigenvalue weighted by molar-refractivity contribution is 7.91. The lowest BCUT2D eigenvalue weighted by atomic mass is 10.3. The maximum Gasteiger partial charge on any atom is 0.414 e. The number of aromatic amines is 1. The van der Waals surface area contributed by atoms with Gasteiger partial charge >= 0.3 is 12.1 Å². The number of nitrogens with zero attached hydrogens (tertiary/aromatic N) is 1. The monoisotopic (exact) mass is 281 g/mol. The highest BCUT2D eigenvalue weighted by atomic mass is 32.2. The summed E-state index contributed by atoms with van der Waals surface area (Å²) in [6.07, 6.45) is 0.268. The number of carbonyl (C=O) groups is 1. The molecule has 0 radical (unpaired) electrons. The first-order chi connectivity index (χ1) is 9.13. The molecule has 1 aromatic heterocycles. The molecule has 0 spiro atoms. The molecule has 1 unspecified atom stereocenters. The Morgan fingerprint density at radius 2 is 2.37 bits per heavy atom. The van der Waals surface area contributed by atoms with Gasteiger partial charge in [-0.1, -0.05) is 6.92 Å². The van der Waals surface area contributed by atoms with E-state index in [2.05, 4.69) is 15.3 Å². The second kappa shape index (κ2) is 5.94. The first-order valence-corrected chi connectivity index (χ1v) is 7.23. The van der Waals surface area contributed by atoms with Crippen molar-refractivity contribution in [1.29, 1.82) is 0 Å². The van der Waals surface area contributed by atoms with Gasteiger partial charge in [-0.2, -0.15) is 4.98 Å². The van der Waals surface area contributed by atoms with E-state index in [0.29, 0.717) is 11.3 Å². The molecule has 0 bridgehead atoms. The van der Waals surface area contributed by atoms with Crippen LogP contribution < -0.4 is 10.1 Å². The molecule has 1 atom stereocenters. The lowest BCUT2D eigenvalue weighted by Crippen LogP contribution is -2.22. The van der Waals surface area contributed by atoms with Crippen molar-refractivity contribution in [3.8, 4) is 6.01 Å². The van der Waals surface area contributed by atoms with Crippen molar-refractivity contribution in [2.24, 2.45) is 0 Å². The summed E-state index contributed by atoms with van der Waals surface area (Å²) >= 11 is -1.02. The summed E-state index contributed by atoms with van der Waals surface area (Å²) in [4.78, 5) is 18.8. The zero-order valence-electron chi connectivity index (χ0n) is 10.7. The van der Waals surface area contributed by atoms with Crippen LogP contribution in [0.2, 0.25) is 0 Å².